The van der Waals surface area contributed by atoms with Crippen LogP contribution in [0.1, 0.15) is 32.3 Å². The van der Waals surface area contributed by atoms with Gasteiger partial charge < -0.3 is 20.4 Å². The second-order valence-electron chi connectivity index (χ2n) is 13.1. The van der Waals surface area contributed by atoms with Crippen molar-refractivity contribution in [1.82, 2.24) is 39.7 Å². The van der Waals surface area contributed by atoms with Crippen LogP contribution in [0.25, 0.3) is 39.1 Å². The molecule has 2 aliphatic heterocycles. The summed E-state index contributed by atoms with van der Waals surface area (Å²) in [4.78, 5) is 40.0. The van der Waals surface area contributed by atoms with Gasteiger partial charge in [-0.2, -0.15) is 10.2 Å². The summed E-state index contributed by atoms with van der Waals surface area (Å²) in [6, 6.07) is 17.8. The maximum absolute atomic E-state index is 13.8. The van der Waals surface area contributed by atoms with Crippen LogP contribution in [0, 0.1) is 0 Å². The number of amides is 2. The number of pyridine rings is 1. The number of carbonyl (C=O) groups is 2. The van der Waals surface area contributed by atoms with E-state index in [-0.39, 0.29) is 23.4 Å². The number of carbonyl (C=O) groups excluding carboxylic acids is 2. The predicted molar refractivity (Wildman–Crippen MR) is 200 cm³/mol. The van der Waals surface area contributed by atoms with Gasteiger partial charge in [0.1, 0.15) is 16.8 Å². The van der Waals surface area contributed by atoms with Crippen LogP contribution in [-0.4, -0.2) is 107 Å². The number of hydrogen-bond acceptors (Lipinski definition) is 9. The zero-order chi connectivity index (χ0) is 34.8. The number of H-pyrrole nitrogens is 1. The number of ether oxygens (including phenoxy) is 1. The Kier molecular flexibility index (Phi) is 10.6. The quantitative estimate of drug-likeness (QED) is 0.213. The summed E-state index contributed by atoms with van der Waals surface area (Å²) in [6.45, 7) is 6.65. The monoisotopic (exact) mass is 709 g/mol. The van der Waals surface area contributed by atoms with Gasteiger partial charge in [0.15, 0.2) is 5.82 Å². The lowest BCUT2D eigenvalue weighted by molar-refractivity contribution is -0.132. The Morgan fingerprint density at radius 2 is 1.82 bits per heavy atom. The van der Waals surface area contributed by atoms with Crippen LogP contribution < -0.4 is 10.1 Å². The molecule has 0 spiro atoms. The van der Waals surface area contributed by atoms with E-state index in [4.69, 9.17) is 4.74 Å². The first-order chi connectivity index (χ1) is 24.2. The topological polar surface area (TPSA) is 166 Å². The second-order valence-corrected chi connectivity index (χ2v) is 14.3. The van der Waals surface area contributed by atoms with E-state index in [0.29, 0.717) is 56.5 Å². The lowest BCUT2D eigenvalue weighted by atomic mass is 9.98. The molecule has 1 fully saturated rings. The summed E-state index contributed by atoms with van der Waals surface area (Å²) in [6.07, 6.45) is 9.05. The second kappa shape index (κ2) is 15.1. The summed E-state index contributed by atoms with van der Waals surface area (Å²) < 4.78 is 6.72. The lowest BCUT2D eigenvalue weighted by Gasteiger charge is -2.29. The third-order valence-electron chi connectivity index (χ3n) is 9.34. The number of anilines is 1. The molecule has 1 saturated heterocycles. The molecule has 1 atom stereocenters. The first-order valence-electron chi connectivity index (χ1n) is 16.8. The minimum absolute atomic E-state index is 0. The molecule has 0 bridgehead atoms. The molecule has 0 aliphatic carbocycles. The number of rotatable bonds is 10. The number of aromatic nitrogens is 6. The molecule has 51 heavy (non-hydrogen) atoms. The van der Waals surface area contributed by atoms with E-state index in [1.165, 1.54) is 5.57 Å². The van der Waals surface area contributed by atoms with Crippen molar-refractivity contribution in [3.05, 3.63) is 78.8 Å². The average Bonchev–Trinajstić information content (AvgIpc) is 3.87. The molecule has 5 aromatic rings. The van der Waals surface area contributed by atoms with Gasteiger partial charge in [0.05, 0.1) is 18.2 Å². The molecule has 2 aliphatic rings. The fraction of sp³-hybridized carbons (Fsp3) is 0.351. The van der Waals surface area contributed by atoms with Gasteiger partial charge in [-0.1, -0.05) is 30.3 Å². The molecule has 0 radical (unpaired) electrons. The van der Waals surface area contributed by atoms with Crippen molar-refractivity contribution >= 4 is 45.7 Å². The number of fused-ring (bicyclic) bond motifs is 1. The molecule has 0 unspecified atom stereocenters. The molecular weight excluding hydrogens is 667 g/mol. The minimum atomic E-state index is -0.656. The van der Waals surface area contributed by atoms with Crippen LogP contribution in [-0.2, 0) is 16.6 Å². The normalized spacial score (nSPS) is 17.7. The fourth-order valence-corrected chi connectivity index (χ4v) is 7.42. The number of hydrogen-bond donors (Lipinski definition) is 2. The number of nitrogens with one attached hydrogen (secondary N) is 2. The van der Waals surface area contributed by atoms with E-state index < -0.39 is 4.75 Å². The predicted octanol–water partition coefficient (Wildman–Crippen LogP) is 4.44. The van der Waals surface area contributed by atoms with Gasteiger partial charge in [-0.3, -0.25) is 24.3 Å². The number of aromatic amines is 1. The summed E-state index contributed by atoms with van der Waals surface area (Å²) in [7, 11) is 1.86. The van der Waals surface area contributed by atoms with Crippen molar-refractivity contribution in [2.75, 3.05) is 44.3 Å². The lowest BCUT2D eigenvalue weighted by Crippen LogP contribution is -2.45. The van der Waals surface area contributed by atoms with Crippen LogP contribution in [0.15, 0.2) is 73.2 Å². The van der Waals surface area contributed by atoms with Crippen LogP contribution in [0.4, 0.5) is 5.69 Å². The number of likely N-dealkylation sites (tertiary alicyclic amines) is 1. The molecule has 14 heteroatoms. The summed E-state index contributed by atoms with van der Waals surface area (Å²) in [5, 5.41) is 16.0. The van der Waals surface area contributed by atoms with Crippen LogP contribution in [0.2, 0.25) is 0 Å². The first kappa shape index (κ1) is 35.8. The highest BCUT2D eigenvalue weighted by molar-refractivity contribution is 8.00. The van der Waals surface area contributed by atoms with Crippen molar-refractivity contribution < 1.29 is 19.8 Å². The average molecular weight is 710 g/mol. The van der Waals surface area contributed by atoms with Crippen LogP contribution in [0.3, 0.4) is 0 Å². The van der Waals surface area contributed by atoms with E-state index in [2.05, 4.69) is 53.7 Å². The standard InChI is InChI=1S/C37H41N9O3S.H2O/c1-24(2)49-32-12-9-28(20-38-32)34-30-19-29(10-11-31(30)41-42-34)40-36(48)37(50-4)15-18-45(22-37)21-33(47)46-16-13-26(14-17-46)25-5-7-27(8-6-25)35-39-23-44(3)43-35;/h5-13,19-20,23-24H,14-18,21-22H2,1-4H3,(H,40,48)(H,41,42);1H2/t37-;/m0./s1. The van der Waals surface area contributed by atoms with Crippen molar-refractivity contribution in [3.63, 3.8) is 0 Å². The van der Waals surface area contributed by atoms with Crippen molar-refractivity contribution in [3.8, 4) is 28.5 Å². The van der Waals surface area contributed by atoms with E-state index in [1.54, 1.807) is 29.0 Å². The van der Waals surface area contributed by atoms with Gasteiger partial charge >= 0.3 is 0 Å². The third-order valence-corrected chi connectivity index (χ3v) is 10.6. The SMILES string of the molecule is CS[C@@]1(C(=O)Nc2ccc3[nH]nc(-c4ccc(OC(C)C)nc4)c3c2)CCN(CC(=O)N2CC=C(c3ccc(-c4ncn(C)n4)cc3)CC2)C1.O. The number of nitrogens with zero attached hydrogens (tertiary/aromatic N) is 7. The van der Waals surface area contributed by atoms with Crippen molar-refractivity contribution in [2.45, 2.75) is 37.5 Å². The highest BCUT2D eigenvalue weighted by Crippen LogP contribution is 2.36. The Labute approximate surface area is 300 Å². The summed E-state index contributed by atoms with van der Waals surface area (Å²) in [5.41, 5.74) is 6.52. The summed E-state index contributed by atoms with van der Waals surface area (Å²) in [5.74, 6) is 1.30. The molecule has 3 aromatic heterocycles. The van der Waals surface area contributed by atoms with Crippen LogP contribution >= 0.6 is 11.8 Å². The van der Waals surface area contributed by atoms with E-state index >= 15 is 0 Å². The van der Waals surface area contributed by atoms with E-state index in [0.717, 1.165) is 39.7 Å². The summed E-state index contributed by atoms with van der Waals surface area (Å²) >= 11 is 1.55. The third kappa shape index (κ3) is 7.67. The van der Waals surface area contributed by atoms with E-state index in [1.807, 2.05) is 74.5 Å². The minimum Gasteiger partial charge on any atom is -0.475 e. The maximum Gasteiger partial charge on any atom is 0.241 e. The zero-order valence-electron chi connectivity index (χ0n) is 29.2. The highest BCUT2D eigenvalue weighted by Gasteiger charge is 2.44. The molecule has 0 saturated carbocycles. The van der Waals surface area contributed by atoms with E-state index in [9.17, 15) is 9.59 Å². The molecule has 2 aromatic carbocycles. The van der Waals surface area contributed by atoms with Gasteiger partial charge in [0.2, 0.25) is 17.7 Å². The Balaban J connectivity index is 0.00000448. The molecule has 7 rings (SSSR count). The Bertz CT molecular complexity index is 2040. The van der Waals surface area contributed by atoms with Crippen molar-refractivity contribution in [2.24, 2.45) is 7.05 Å². The van der Waals surface area contributed by atoms with Gasteiger partial charge in [-0.05, 0) is 68.3 Å². The molecular formula is C37H43N9O4S. The van der Waals surface area contributed by atoms with Gasteiger partial charge in [-0.25, -0.2) is 9.97 Å². The fourth-order valence-electron chi connectivity index (χ4n) is 6.58. The molecule has 2 amide bonds. The van der Waals surface area contributed by atoms with Crippen LogP contribution in [0.5, 0.6) is 5.88 Å². The van der Waals surface area contributed by atoms with Gasteiger partial charge in [-0.15, -0.1) is 11.8 Å². The Hall–Kier alpha value is -5.05. The molecule has 5 heterocycles. The highest BCUT2D eigenvalue weighted by atomic mass is 32.2. The number of aryl methyl sites for hydroxylation is 1. The number of thioether (sulfide) groups is 1. The largest absolute Gasteiger partial charge is 0.475 e. The zero-order valence-corrected chi connectivity index (χ0v) is 30.0. The molecule has 4 N–H and O–H groups in total. The van der Waals surface area contributed by atoms with Gasteiger partial charge in [0, 0.05) is 67.7 Å². The first-order valence-corrected chi connectivity index (χ1v) is 18.1. The maximum atomic E-state index is 13.8. The molecule has 13 nitrogen and oxygen atoms in total. The van der Waals surface area contributed by atoms with Gasteiger partial charge in [0.25, 0.3) is 0 Å². The Morgan fingerprint density at radius 1 is 1.04 bits per heavy atom. The number of benzene rings is 2. The smallest absolute Gasteiger partial charge is 0.241 e. The Morgan fingerprint density at radius 3 is 2.49 bits per heavy atom. The molecule has 266 valence electrons. The van der Waals surface area contributed by atoms with Crippen molar-refractivity contribution in [1.29, 1.82) is 0 Å².